The number of rotatable bonds is 8. The van der Waals surface area contributed by atoms with Crippen molar-refractivity contribution in [2.45, 2.75) is 46.6 Å². The summed E-state index contributed by atoms with van der Waals surface area (Å²) in [7, 11) is 0. The van der Waals surface area contributed by atoms with Crippen molar-refractivity contribution in [2.24, 2.45) is 5.92 Å². The summed E-state index contributed by atoms with van der Waals surface area (Å²) in [5, 5.41) is 5.85. The third-order valence-corrected chi connectivity index (χ3v) is 4.51. The Kier molecular flexibility index (Phi) is 7.61. The lowest BCUT2D eigenvalue weighted by Gasteiger charge is -2.23. The standard InChI is InChI=1S/C23H30N2O3/c1-6-28-20-14-10-8-12-18(20)22(26)25-21(16(4)5)23(27)24-19-13-9-7-11-17(19)15(2)3/h7-16,21H,6H2,1-5H3,(H,24,27)(H,25,26). The maximum atomic E-state index is 12.9. The van der Waals surface area contributed by atoms with Crippen molar-refractivity contribution in [1.29, 1.82) is 0 Å². The van der Waals surface area contributed by atoms with Crippen LogP contribution in [0.5, 0.6) is 5.75 Å². The smallest absolute Gasteiger partial charge is 0.255 e. The SMILES string of the molecule is CCOc1ccccc1C(=O)NC(C(=O)Nc1ccccc1C(C)C)C(C)C. The molecule has 0 aliphatic rings. The zero-order valence-corrected chi connectivity index (χ0v) is 17.3. The van der Waals surface area contributed by atoms with Crippen molar-refractivity contribution >= 4 is 17.5 Å². The van der Waals surface area contributed by atoms with Gasteiger partial charge >= 0.3 is 0 Å². The predicted molar refractivity (Wildman–Crippen MR) is 113 cm³/mol. The summed E-state index contributed by atoms with van der Waals surface area (Å²) in [6.45, 7) is 10.3. The molecule has 2 rings (SSSR count). The lowest BCUT2D eigenvalue weighted by molar-refractivity contribution is -0.118. The van der Waals surface area contributed by atoms with Gasteiger partial charge in [-0.1, -0.05) is 58.0 Å². The van der Waals surface area contributed by atoms with Crippen LogP contribution in [0.3, 0.4) is 0 Å². The van der Waals surface area contributed by atoms with Crippen molar-refractivity contribution in [3.63, 3.8) is 0 Å². The second kappa shape index (κ2) is 9.93. The van der Waals surface area contributed by atoms with Crippen LogP contribution in [0.4, 0.5) is 5.69 Å². The van der Waals surface area contributed by atoms with E-state index in [1.54, 1.807) is 18.2 Å². The molecule has 2 aromatic rings. The molecule has 0 radical (unpaired) electrons. The average molecular weight is 383 g/mol. The van der Waals surface area contributed by atoms with Crippen LogP contribution in [0, 0.1) is 5.92 Å². The highest BCUT2D eigenvalue weighted by Crippen LogP contribution is 2.24. The van der Waals surface area contributed by atoms with Crippen molar-refractivity contribution in [2.75, 3.05) is 11.9 Å². The summed E-state index contributed by atoms with van der Waals surface area (Å²) in [5.74, 6) is 0.159. The molecule has 28 heavy (non-hydrogen) atoms. The van der Waals surface area contributed by atoms with Gasteiger partial charge in [-0.15, -0.1) is 0 Å². The number of hydrogen-bond donors (Lipinski definition) is 2. The maximum absolute atomic E-state index is 12.9. The second-order valence-electron chi connectivity index (χ2n) is 7.36. The first kappa shape index (κ1) is 21.5. The van der Waals surface area contributed by atoms with Crippen LogP contribution in [0.1, 0.15) is 56.5 Å². The molecule has 2 aromatic carbocycles. The molecule has 0 aliphatic carbocycles. The largest absolute Gasteiger partial charge is 0.493 e. The fraction of sp³-hybridized carbons (Fsp3) is 0.391. The first-order valence-electron chi connectivity index (χ1n) is 9.77. The number of para-hydroxylation sites is 2. The van der Waals surface area contributed by atoms with E-state index in [0.29, 0.717) is 17.9 Å². The minimum absolute atomic E-state index is 0.0746. The molecular weight excluding hydrogens is 352 g/mol. The molecule has 1 unspecified atom stereocenters. The fourth-order valence-corrected chi connectivity index (χ4v) is 3.01. The van der Waals surface area contributed by atoms with Gasteiger partial charge in [0.15, 0.2) is 0 Å². The van der Waals surface area contributed by atoms with Gasteiger partial charge < -0.3 is 15.4 Å². The third kappa shape index (κ3) is 5.35. The summed E-state index contributed by atoms with van der Waals surface area (Å²) in [6.07, 6.45) is 0. The Morgan fingerprint density at radius 2 is 1.61 bits per heavy atom. The van der Waals surface area contributed by atoms with Gasteiger partial charge in [-0.25, -0.2) is 0 Å². The zero-order valence-electron chi connectivity index (χ0n) is 17.3. The molecule has 0 spiro atoms. The van der Waals surface area contributed by atoms with Crippen LogP contribution in [0.25, 0.3) is 0 Å². The van der Waals surface area contributed by atoms with Gasteiger partial charge in [0.1, 0.15) is 11.8 Å². The molecule has 2 amide bonds. The molecule has 0 bridgehead atoms. The van der Waals surface area contributed by atoms with Gasteiger partial charge in [-0.05, 0) is 42.5 Å². The van der Waals surface area contributed by atoms with Gasteiger partial charge in [-0.2, -0.15) is 0 Å². The number of amides is 2. The van der Waals surface area contributed by atoms with Gasteiger partial charge in [0.05, 0.1) is 12.2 Å². The summed E-state index contributed by atoms with van der Waals surface area (Å²) >= 11 is 0. The Bertz CT molecular complexity index is 815. The van der Waals surface area contributed by atoms with Crippen LogP contribution < -0.4 is 15.4 Å². The summed E-state index contributed by atoms with van der Waals surface area (Å²) in [4.78, 5) is 25.8. The van der Waals surface area contributed by atoms with Crippen LogP contribution in [0.2, 0.25) is 0 Å². The Morgan fingerprint density at radius 3 is 2.25 bits per heavy atom. The van der Waals surface area contributed by atoms with Gasteiger partial charge in [-0.3, -0.25) is 9.59 Å². The van der Waals surface area contributed by atoms with E-state index in [-0.39, 0.29) is 23.7 Å². The quantitative estimate of drug-likeness (QED) is 0.701. The molecule has 0 heterocycles. The van der Waals surface area contributed by atoms with Gasteiger partial charge in [0, 0.05) is 5.69 Å². The third-order valence-electron chi connectivity index (χ3n) is 4.51. The van der Waals surface area contributed by atoms with Crippen LogP contribution in [0.15, 0.2) is 48.5 Å². The number of hydrogen-bond acceptors (Lipinski definition) is 3. The monoisotopic (exact) mass is 382 g/mol. The topological polar surface area (TPSA) is 67.4 Å². The van der Waals surface area contributed by atoms with E-state index in [1.165, 1.54) is 0 Å². The maximum Gasteiger partial charge on any atom is 0.255 e. The number of nitrogens with one attached hydrogen (secondary N) is 2. The lowest BCUT2D eigenvalue weighted by atomic mass is 9.99. The highest BCUT2D eigenvalue weighted by molar-refractivity contribution is 6.02. The Morgan fingerprint density at radius 1 is 0.964 bits per heavy atom. The minimum atomic E-state index is -0.664. The molecule has 0 aromatic heterocycles. The van der Waals surface area contributed by atoms with Gasteiger partial charge in [0.2, 0.25) is 5.91 Å². The van der Waals surface area contributed by atoms with E-state index < -0.39 is 6.04 Å². The first-order chi connectivity index (χ1) is 13.3. The van der Waals surface area contributed by atoms with E-state index >= 15 is 0 Å². The number of carbonyl (C=O) groups is 2. The Hall–Kier alpha value is -2.82. The lowest BCUT2D eigenvalue weighted by Crippen LogP contribution is -2.47. The minimum Gasteiger partial charge on any atom is -0.493 e. The zero-order chi connectivity index (χ0) is 20.7. The van der Waals surface area contributed by atoms with Crippen molar-refractivity contribution < 1.29 is 14.3 Å². The molecule has 0 aliphatic heterocycles. The van der Waals surface area contributed by atoms with Gasteiger partial charge in [0.25, 0.3) is 5.91 Å². The molecule has 2 N–H and O–H groups in total. The van der Waals surface area contributed by atoms with E-state index in [4.69, 9.17) is 4.74 Å². The molecule has 1 atom stereocenters. The van der Waals surface area contributed by atoms with E-state index in [2.05, 4.69) is 24.5 Å². The first-order valence-corrected chi connectivity index (χ1v) is 9.77. The highest BCUT2D eigenvalue weighted by atomic mass is 16.5. The predicted octanol–water partition coefficient (Wildman–Crippen LogP) is 4.60. The van der Waals surface area contributed by atoms with E-state index in [1.807, 2.05) is 51.1 Å². The Labute approximate surface area is 167 Å². The summed E-state index contributed by atoms with van der Waals surface area (Å²) in [6, 6.07) is 14.1. The number of benzene rings is 2. The number of anilines is 1. The Balaban J connectivity index is 2.20. The normalized spacial score (nSPS) is 12.0. The second-order valence-corrected chi connectivity index (χ2v) is 7.36. The van der Waals surface area contributed by atoms with Crippen LogP contribution >= 0.6 is 0 Å². The van der Waals surface area contributed by atoms with Crippen LogP contribution in [-0.4, -0.2) is 24.5 Å². The average Bonchev–Trinajstić information content (AvgIpc) is 2.66. The summed E-state index contributed by atoms with van der Waals surface area (Å²) < 4.78 is 5.54. The molecule has 5 heteroatoms. The molecule has 0 saturated carbocycles. The van der Waals surface area contributed by atoms with Crippen molar-refractivity contribution in [1.82, 2.24) is 5.32 Å². The molecular formula is C23H30N2O3. The fourth-order valence-electron chi connectivity index (χ4n) is 3.01. The number of carbonyl (C=O) groups excluding carboxylic acids is 2. The van der Waals surface area contributed by atoms with Crippen molar-refractivity contribution in [3.05, 3.63) is 59.7 Å². The molecule has 0 fully saturated rings. The molecule has 0 saturated heterocycles. The molecule has 5 nitrogen and oxygen atoms in total. The summed E-state index contributed by atoms with van der Waals surface area (Å²) in [5.41, 5.74) is 2.26. The van der Waals surface area contributed by atoms with Crippen molar-refractivity contribution in [3.8, 4) is 5.75 Å². The van der Waals surface area contributed by atoms with Crippen LogP contribution in [-0.2, 0) is 4.79 Å². The highest BCUT2D eigenvalue weighted by Gasteiger charge is 2.26. The van der Waals surface area contributed by atoms with E-state index in [9.17, 15) is 9.59 Å². The van der Waals surface area contributed by atoms with E-state index in [0.717, 1.165) is 11.3 Å². The molecule has 150 valence electrons. The number of ether oxygens (including phenoxy) is 1.